The lowest BCUT2D eigenvalue weighted by Gasteiger charge is -2.20. The first kappa shape index (κ1) is 14.7. The van der Waals surface area contributed by atoms with E-state index in [9.17, 15) is 4.79 Å². The SMILES string of the molecule is COC(=O)c1cccc(N)c1Nc1ccccc1N(C)C. The van der Waals surface area contributed by atoms with Crippen LogP contribution in [0.4, 0.5) is 22.7 Å². The molecule has 0 aliphatic carbocycles. The first-order valence-corrected chi connectivity index (χ1v) is 6.54. The van der Waals surface area contributed by atoms with Crippen molar-refractivity contribution in [3.05, 3.63) is 48.0 Å². The van der Waals surface area contributed by atoms with Gasteiger partial charge < -0.3 is 20.7 Å². The van der Waals surface area contributed by atoms with Gasteiger partial charge in [-0.05, 0) is 24.3 Å². The van der Waals surface area contributed by atoms with E-state index >= 15 is 0 Å². The summed E-state index contributed by atoms with van der Waals surface area (Å²) in [5.41, 5.74) is 9.32. The molecule has 0 atom stereocenters. The van der Waals surface area contributed by atoms with Crippen molar-refractivity contribution < 1.29 is 9.53 Å². The minimum absolute atomic E-state index is 0.408. The number of hydrogen-bond acceptors (Lipinski definition) is 5. The van der Waals surface area contributed by atoms with Crippen molar-refractivity contribution in [3.8, 4) is 0 Å². The Kier molecular flexibility index (Phi) is 4.33. The molecule has 0 radical (unpaired) electrons. The fourth-order valence-corrected chi connectivity index (χ4v) is 2.09. The third kappa shape index (κ3) is 3.08. The number of methoxy groups -OCH3 is 1. The molecule has 0 aromatic heterocycles. The molecule has 5 nitrogen and oxygen atoms in total. The van der Waals surface area contributed by atoms with E-state index in [2.05, 4.69) is 5.32 Å². The Morgan fingerprint density at radius 2 is 1.86 bits per heavy atom. The largest absolute Gasteiger partial charge is 0.465 e. The fraction of sp³-hybridized carbons (Fsp3) is 0.188. The number of hydrogen-bond donors (Lipinski definition) is 2. The highest BCUT2D eigenvalue weighted by Crippen LogP contribution is 2.32. The normalized spacial score (nSPS) is 10.0. The number of ether oxygens (including phenoxy) is 1. The molecule has 0 heterocycles. The number of carbonyl (C=O) groups is 1. The molecule has 3 N–H and O–H groups in total. The van der Waals surface area contributed by atoms with Crippen molar-refractivity contribution in [2.24, 2.45) is 0 Å². The van der Waals surface area contributed by atoms with Gasteiger partial charge in [0.2, 0.25) is 0 Å². The molecule has 0 fully saturated rings. The Hall–Kier alpha value is -2.69. The average Bonchev–Trinajstić information content (AvgIpc) is 2.48. The van der Waals surface area contributed by atoms with Gasteiger partial charge in [0.15, 0.2) is 0 Å². The van der Waals surface area contributed by atoms with Crippen molar-refractivity contribution in [1.82, 2.24) is 0 Å². The van der Waals surface area contributed by atoms with Gasteiger partial charge >= 0.3 is 5.97 Å². The van der Waals surface area contributed by atoms with E-state index in [1.807, 2.05) is 43.3 Å². The minimum atomic E-state index is -0.424. The van der Waals surface area contributed by atoms with Gasteiger partial charge in [0.25, 0.3) is 0 Å². The molecular formula is C16H19N3O2. The minimum Gasteiger partial charge on any atom is -0.465 e. The predicted octanol–water partition coefficient (Wildman–Crippen LogP) is 2.87. The van der Waals surface area contributed by atoms with Gasteiger partial charge in [-0.25, -0.2) is 4.79 Å². The Labute approximate surface area is 124 Å². The Bertz CT molecular complexity index is 654. The van der Waals surface area contributed by atoms with Crippen molar-refractivity contribution in [1.29, 1.82) is 0 Å². The van der Waals surface area contributed by atoms with Crippen LogP contribution in [-0.4, -0.2) is 27.2 Å². The number of nitrogens with zero attached hydrogens (tertiary/aromatic N) is 1. The molecule has 2 aromatic rings. The molecule has 5 heteroatoms. The summed E-state index contributed by atoms with van der Waals surface area (Å²) >= 11 is 0. The number of nitrogen functional groups attached to an aromatic ring is 1. The van der Waals surface area contributed by atoms with E-state index in [0.29, 0.717) is 16.9 Å². The molecule has 0 spiro atoms. The van der Waals surface area contributed by atoms with Crippen LogP contribution in [0, 0.1) is 0 Å². The van der Waals surface area contributed by atoms with Gasteiger partial charge in [-0.2, -0.15) is 0 Å². The molecular weight excluding hydrogens is 266 g/mol. The molecule has 2 aromatic carbocycles. The molecule has 110 valence electrons. The van der Waals surface area contributed by atoms with Gasteiger partial charge in [-0.1, -0.05) is 18.2 Å². The first-order chi connectivity index (χ1) is 10.0. The highest BCUT2D eigenvalue weighted by atomic mass is 16.5. The van der Waals surface area contributed by atoms with Crippen LogP contribution in [0.1, 0.15) is 10.4 Å². The highest BCUT2D eigenvalue weighted by molar-refractivity contribution is 6.00. The van der Waals surface area contributed by atoms with Crippen molar-refractivity contribution in [3.63, 3.8) is 0 Å². The summed E-state index contributed by atoms with van der Waals surface area (Å²) in [6, 6.07) is 12.9. The first-order valence-electron chi connectivity index (χ1n) is 6.54. The van der Waals surface area contributed by atoms with E-state index in [0.717, 1.165) is 11.4 Å². The monoisotopic (exact) mass is 285 g/mol. The van der Waals surface area contributed by atoms with Gasteiger partial charge in [-0.3, -0.25) is 0 Å². The molecule has 0 saturated heterocycles. The van der Waals surface area contributed by atoms with E-state index in [-0.39, 0.29) is 0 Å². The zero-order valence-electron chi connectivity index (χ0n) is 12.4. The lowest BCUT2D eigenvalue weighted by atomic mass is 10.1. The number of para-hydroxylation sites is 3. The Morgan fingerprint density at radius 1 is 1.14 bits per heavy atom. The summed E-state index contributed by atoms with van der Waals surface area (Å²) < 4.78 is 4.80. The zero-order chi connectivity index (χ0) is 15.4. The number of nitrogens with one attached hydrogen (secondary N) is 1. The molecule has 0 bridgehead atoms. The Morgan fingerprint density at radius 3 is 2.52 bits per heavy atom. The van der Waals surface area contributed by atoms with Gasteiger partial charge in [0, 0.05) is 14.1 Å². The van der Waals surface area contributed by atoms with Crippen molar-refractivity contribution in [2.75, 3.05) is 37.2 Å². The number of esters is 1. The second kappa shape index (κ2) is 6.17. The summed E-state index contributed by atoms with van der Waals surface area (Å²) in [7, 11) is 5.26. The smallest absolute Gasteiger partial charge is 0.340 e. The van der Waals surface area contributed by atoms with E-state index in [4.69, 9.17) is 10.5 Å². The van der Waals surface area contributed by atoms with Gasteiger partial charge in [0.05, 0.1) is 35.4 Å². The topological polar surface area (TPSA) is 67.6 Å². The van der Waals surface area contributed by atoms with Crippen LogP contribution >= 0.6 is 0 Å². The average molecular weight is 285 g/mol. The number of anilines is 4. The lowest BCUT2D eigenvalue weighted by Crippen LogP contribution is -2.12. The second-order valence-electron chi connectivity index (χ2n) is 4.80. The molecule has 0 saturated carbocycles. The highest BCUT2D eigenvalue weighted by Gasteiger charge is 2.15. The van der Waals surface area contributed by atoms with E-state index < -0.39 is 5.97 Å². The predicted molar refractivity (Wildman–Crippen MR) is 86.2 cm³/mol. The van der Waals surface area contributed by atoms with Gasteiger partial charge in [-0.15, -0.1) is 0 Å². The lowest BCUT2D eigenvalue weighted by molar-refractivity contribution is 0.0602. The number of nitrogens with two attached hydrogens (primary N) is 1. The summed E-state index contributed by atoms with van der Waals surface area (Å²) in [5, 5.41) is 3.24. The van der Waals surface area contributed by atoms with Crippen LogP contribution < -0.4 is 16.0 Å². The summed E-state index contributed by atoms with van der Waals surface area (Å²) in [5.74, 6) is -0.424. The van der Waals surface area contributed by atoms with Gasteiger partial charge in [0.1, 0.15) is 0 Å². The molecule has 0 aliphatic rings. The third-order valence-electron chi connectivity index (χ3n) is 3.15. The molecule has 0 unspecified atom stereocenters. The quantitative estimate of drug-likeness (QED) is 0.668. The molecule has 21 heavy (non-hydrogen) atoms. The number of carbonyl (C=O) groups excluding carboxylic acids is 1. The van der Waals surface area contributed by atoms with E-state index in [1.165, 1.54) is 7.11 Å². The van der Waals surface area contributed by atoms with Crippen LogP contribution in [0.25, 0.3) is 0 Å². The molecule has 2 rings (SSSR count). The van der Waals surface area contributed by atoms with E-state index in [1.54, 1.807) is 18.2 Å². The number of benzene rings is 2. The summed E-state index contributed by atoms with van der Waals surface area (Å²) in [6.45, 7) is 0. The maximum Gasteiger partial charge on any atom is 0.340 e. The van der Waals surface area contributed by atoms with Crippen LogP contribution in [-0.2, 0) is 4.74 Å². The maximum atomic E-state index is 11.9. The standard InChI is InChI=1S/C16H19N3O2/c1-19(2)14-10-5-4-9-13(14)18-15-11(16(20)21-3)7-6-8-12(15)17/h4-10,18H,17H2,1-3H3. The fourth-order valence-electron chi connectivity index (χ4n) is 2.09. The number of rotatable bonds is 4. The third-order valence-corrected chi connectivity index (χ3v) is 3.15. The molecule has 0 amide bonds. The van der Waals surface area contributed by atoms with Crippen LogP contribution in [0.5, 0.6) is 0 Å². The maximum absolute atomic E-state index is 11.9. The Balaban J connectivity index is 2.47. The van der Waals surface area contributed by atoms with Crippen molar-refractivity contribution in [2.45, 2.75) is 0 Å². The van der Waals surface area contributed by atoms with Crippen LogP contribution in [0.3, 0.4) is 0 Å². The summed E-state index contributed by atoms with van der Waals surface area (Å²) in [4.78, 5) is 13.9. The molecule has 0 aliphatic heterocycles. The van der Waals surface area contributed by atoms with Crippen LogP contribution in [0.15, 0.2) is 42.5 Å². The summed E-state index contributed by atoms with van der Waals surface area (Å²) in [6.07, 6.45) is 0. The van der Waals surface area contributed by atoms with Crippen LogP contribution in [0.2, 0.25) is 0 Å². The second-order valence-corrected chi connectivity index (χ2v) is 4.80. The zero-order valence-corrected chi connectivity index (χ0v) is 12.4. The van der Waals surface area contributed by atoms with Crippen molar-refractivity contribution >= 4 is 28.7 Å².